The fourth-order valence-corrected chi connectivity index (χ4v) is 3.84. The Bertz CT molecular complexity index is 754. The average molecular weight is 281 g/mol. The van der Waals surface area contributed by atoms with E-state index >= 15 is 0 Å². The number of aromatic nitrogens is 2. The number of sulfonamides is 1. The van der Waals surface area contributed by atoms with Gasteiger partial charge in [-0.1, -0.05) is 12.8 Å². The maximum atomic E-state index is 12.2. The molecule has 1 saturated carbocycles. The number of hydrogen-bond acceptors (Lipinski definition) is 3. The quantitative estimate of drug-likeness (QED) is 0.785. The molecule has 19 heavy (non-hydrogen) atoms. The molecule has 1 heterocycles. The number of nitrogens with one attached hydrogen (secondary N) is 3. The Kier molecular flexibility index (Phi) is 2.94. The summed E-state index contributed by atoms with van der Waals surface area (Å²) in [5, 5.41) is 0. The number of H-pyrrole nitrogens is 2. The summed E-state index contributed by atoms with van der Waals surface area (Å²) in [6.45, 7) is 0. The van der Waals surface area contributed by atoms with Crippen molar-refractivity contribution in [2.24, 2.45) is 0 Å². The van der Waals surface area contributed by atoms with Crippen molar-refractivity contribution in [2.45, 2.75) is 36.6 Å². The molecule has 1 aliphatic rings. The molecule has 2 aromatic rings. The van der Waals surface area contributed by atoms with E-state index in [1.807, 2.05) is 0 Å². The molecule has 0 amide bonds. The molecular weight excluding hydrogens is 266 g/mol. The van der Waals surface area contributed by atoms with E-state index < -0.39 is 10.0 Å². The van der Waals surface area contributed by atoms with E-state index in [2.05, 4.69) is 14.7 Å². The van der Waals surface area contributed by atoms with Gasteiger partial charge >= 0.3 is 5.69 Å². The van der Waals surface area contributed by atoms with Crippen LogP contribution in [-0.4, -0.2) is 24.4 Å². The van der Waals surface area contributed by atoms with Crippen molar-refractivity contribution in [1.82, 2.24) is 14.7 Å². The normalized spacial score (nSPS) is 17.3. The third-order valence-corrected chi connectivity index (χ3v) is 4.99. The van der Waals surface area contributed by atoms with Gasteiger partial charge in [0.1, 0.15) is 0 Å². The van der Waals surface area contributed by atoms with Crippen molar-refractivity contribution in [3.63, 3.8) is 0 Å². The van der Waals surface area contributed by atoms with Gasteiger partial charge in [-0.3, -0.25) is 0 Å². The molecule has 3 N–H and O–H groups in total. The van der Waals surface area contributed by atoms with Crippen molar-refractivity contribution in [1.29, 1.82) is 0 Å². The highest BCUT2D eigenvalue weighted by atomic mass is 32.2. The molecule has 0 unspecified atom stereocenters. The Morgan fingerprint density at radius 2 is 1.79 bits per heavy atom. The fraction of sp³-hybridized carbons (Fsp3) is 0.417. The van der Waals surface area contributed by atoms with E-state index in [0.29, 0.717) is 11.0 Å². The topological polar surface area (TPSA) is 94.8 Å². The fourth-order valence-electron chi connectivity index (χ4n) is 2.51. The molecule has 7 heteroatoms. The van der Waals surface area contributed by atoms with Crippen molar-refractivity contribution in [3.8, 4) is 0 Å². The van der Waals surface area contributed by atoms with Crippen LogP contribution in [0.15, 0.2) is 27.9 Å². The molecule has 102 valence electrons. The molecule has 0 aliphatic heterocycles. The predicted molar refractivity (Wildman–Crippen MR) is 71.5 cm³/mol. The van der Waals surface area contributed by atoms with Crippen LogP contribution in [-0.2, 0) is 10.0 Å². The van der Waals surface area contributed by atoms with Gasteiger partial charge in [0.25, 0.3) is 0 Å². The van der Waals surface area contributed by atoms with E-state index in [-0.39, 0.29) is 16.6 Å². The second kappa shape index (κ2) is 4.50. The standard InChI is InChI=1S/C12H15N3O3S/c16-12-13-10-6-5-9(7-11(10)14-12)19(17,18)15-8-3-1-2-4-8/h5-8,15H,1-4H2,(H2,13,14,16). The van der Waals surface area contributed by atoms with Crippen LogP contribution < -0.4 is 10.4 Å². The van der Waals surface area contributed by atoms with Crippen molar-refractivity contribution in [2.75, 3.05) is 0 Å². The van der Waals surface area contributed by atoms with Crippen LogP contribution in [0.3, 0.4) is 0 Å². The molecule has 3 rings (SSSR count). The van der Waals surface area contributed by atoms with Gasteiger partial charge in [0.15, 0.2) is 0 Å². The lowest BCUT2D eigenvalue weighted by Gasteiger charge is -2.12. The summed E-state index contributed by atoms with van der Waals surface area (Å²) in [5.41, 5.74) is 0.761. The van der Waals surface area contributed by atoms with E-state index in [0.717, 1.165) is 25.7 Å². The van der Waals surface area contributed by atoms with Crippen molar-refractivity contribution >= 4 is 21.1 Å². The minimum absolute atomic E-state index is 0.0333. The molecule has 1 aromatic heterocycles. The van der Waals surface area contributed by atoms with E-state index in [1.165, 1.54) is 12.1 Å². The van der Waals surface area contributed by atoms with Gasteiger partial charge in [-0.25, -0.2) is 17.9 Å². The Labute approximate surface area is 110 Å². The second-order valence-electron chi connectivity index (χ2n) is 4.89. The number of aromatic amines is 2. The molecule has 1 aliphatic carbocycles. The summed E-state index contributed by atoms with van der Waals surface area (Å²) in [6, 6.07) is 4.61. The van der Waals surface area contributed by atoms with Crippen molar-refractivity contribution < 1.29 is 8.42 Å². The van der Waals surface area contributed by atoms with Crippen molar-refractivity contribution in [3.05, 3.63) is 28.7 Å². The van der Waals surface area contributed by atoms with Crippen LogP contribution in [0.5, 0.6) is 0 Å². The lowest BCUT2D eigenvalue weighted by atomic mass is 10.3. The largest absolute Gasteiger partial charge is 0.323 e. The number of hydrogen-bond donors (Lipinski definition) is 3. The van der Waals surface area contributed by atoms with Crippen LogP contribution >= 0.6 is 0 Å². The summed E-state index contributed by atoms with van der Waals surface area (Å²) < 4.78 is 27.2. The first-order chi connectivity index (χ1) is 9.04. The zero-order valence-electron chi connectivity index (χ0n) is 10.3. The maximum absolute atomic E-state index is 12.2. The number of rotatable bonds is 3. The molecule has 0 saturated heterocycles. The molecule has 0 spiro atoms. The lowest BCUT2D eigenvalue weighted by molar-refractivity contribution is 0.552. The zero-order valence-corrected chi connectivity index (χ0v) is 11.1. The second-order valence-corrected chi connectivity index (χ2v) is 6.60. The minimum atomic E-state index is -3.51. The Morgan fingerprint density at radius 3 is 2.53 bits per heavy atom. The Morgan fingerprint density at radius 1 is 1.11 bits per heavy atom. The maximum Gasteiger partial charge on any atom is 0.323 e. The van der Waals surface area contributed by atoms with Gasteiger partial charge in [-0.05, 0) is 31.0 Å². The zero-order chi connectivity index (χ0) is 13.5. The monoisotopic (exact) mass is 281 g/mol. The van der Waals surface area contributed by atoms with E-state index in [1.54, 1.807) is 6.07 Å². The van der Waals surface area contributed by atoms with Gasteiger partial charge < -0.3 is 9.97 Å². The van der Waals surface area contributed by atoms with Crippen LogP contribution in [0, 0.1) is 0 Å². The lowest BCUT2D eigenvalue weighted by Crippen LogP contribution is -2.32. The minimum Gasteiger partial charge on any atom is -0.306 e. The highest BCUT2D eigenvalue weighted by molar-refractivity contribution is 7.89. The number of benzene rings is 1. The van der Waals surface area contributed by atoms with E-state index in [9.17, 15) is 13.2 Å². The Hall–Kier alpha value is -1.60. The van der Waals surface area contributed by atoms with Crippen LogP contribution in [0.2, 0.25) is 0 Å². The van der Waals surface area contributed by atoms with Crippen LogP contribution in [0.1, 0.15) is 25.7 Å². The molecule has 0 atom stereocenters. The first-order valence-corrected chi connectivity index (χ1v) is 7.77. The summed E-state index contributed by atoms with van der Waals surface area (Å²) >= 11 is 0. The number of imidazole rings is 1. The van der Waals surface area contributed by atoms with Gasteiger partial charge in [-0.15, -0.1) is 0 Å². The molecule has 1 fully saturated rings. The molecule has 1 aromatic carbocycles. The van der Waals surface area contributed by atoms with Gasteiger partial charge in [0, 0.05) is 6.04 Å². The van der Waals surface area contributed by atoms with Crippen LogP contribution in [0.4, 0.5) is 0 Å². The van der Waals surface area contributed by atoms with Gasteiger partial charge in [0.05, 0.1) is 15.9 Å². The molecule has 0 radical (unpaired) electrons. The summed E-state index contributed by atoms with van der Waals surface area (Å²) in [4.78, 5) is 16.5. The first-order valence-electron chi connectivity index (χ1n) is 6.29. The molecular formula is C12H15N3O3S. The summed E-state index contributed by atoms with van der Waals surface area (Å²) in [6.07, 6.45) is 3.92. The average Bonchev–Trinajstić information content (AvgIpc) is 2.95. The van der Waals surface area contributed by atoms with Crippen LogP contribution in [0.25, 0.3) is 11.0 Å². The smallest absolute Gasteiger partial charge is 0.306 e. The SMILES string of the molecule is O=c1[nH]c2ccc(S(=O)(=O)NC3CCCC3)cc2[nH]1. The third-order valence-electron chi connectivity index (χ3n) is 3.47. The summed E-state index contributed by atoms with van der Waals surface area (Å²) in [5.74, 6) is 0. The first kappa shape index (κ1) is 12.4. The predicted octanol–water partition coefficient (Wildman–Crippen LogP) is 1.08. The van der Waals surface area contributed by atoms with E-state index in [4.69, 9.17) is 0 Å². The molecule has 6 nitrogen and oxygen atoms in total. The van der Waals surface area contributed by atoms with Gasteiger partial charge in [-0.2, -0.15) is 0 Å². The third kappa shape index (κ3) is 2.43. The highest BCUT2D eigenvalue weighted by Gasteiger charge is 2.23. The summed E-state index contributed by atoms with van der Waals surface area (Å²) in [7, 11) is -3.51. The highest BCUT2D eigenvalue weighted by Crippen LogP contribution is 2.21. The number of fused-ring (bicyclic) bond motifs is 1. The van der Waals surface area contributed by atoms with Gasteiger partial charge in [0.2, 0.25) is 10.0 Å². The molecule has 0 bridgehead atoms. The Balaban J connectivity index is 1.95.